The average molecular weight is 318 g/mol. The molecule has 0 amide bonds. The number of carbonyl (C=O) groups excluding carboxylic acids is 1. The highest BCUT2D eigenvalue weighted by Crippen LogP contribution is 2.26. The zero-order chi connectivity index (χ0) is 17.1. The first-order valence-electron chi connectivity index (χ1n) is 7.77. The van der Waals surface area contributed by atoms with Crippen LogP contribution in [0.15, 0.2) is 16.9 Å². The van der Waals surface area contributed by atoms with Gasteiger partial charge < -0.3 is 9.84 Å². The highest BCUT2D eigenvalue weighted by molar-refractivity contribution is 5.98. The number of carbonyl (C=O) groups is 1. The van der Waals surface area contributed by atoms with Gasteiger partial charge in [0.25, 0.3) is 5.56 Å². The van der Waals surface area contributed by atoms with Crippen LogP contribution in [0.25, 0.3) is 11.0 Å². The number of nitrogens with zero attached hydrogens (tertiary/aromatic N) is 2. The number of fused-ring (bicyclic) bond motifs is 1. The maximum absolute atomic E-state index is 12.7. The molecule has 0 aromatic carbocycles. The molecule has 0 aliphatic rings. The summed E-state index contributed by atoms with van der Waals surface area (Å²) >= 11 is 0. The van der Waals surface area contributed by atoms with Crippen molar-refractivity contribution >= 4 is 17.0 Å². The molecule has 0 unspecified atom stereocenters. The molecule has 2 aromatic heterocycles. The lowest BCUT2D eigenvalue weighted by Gasteiger charge is -2.15. The number of aromatic nitrogens is 2. The Morgan fingerprint density at radius 1 is 1.39 bits per heavy atom. The number of hydrogen-bond acceptors (Lipinski definition) is 5. The van der Waals surface area contributed by atoms with E-state index in [4.69, 9.17) is 4.74 Å². The Kier molecular flexibility index (Phi) is 5.03. The fourth-order valence-corrected chi connectivity index (χ4v) is 2.38. The third-order valence-electron chi connectivity index (χ3n) is 3.63. The molecule has 6 nitrogen and oxygen atoms in total. The van der Waals surface area contributed by atoms with Crippen molar-refractivity contribution < 1.29 is 14.6 Å². The highest BCUT2D eigenvalue weighted by Gasteiger charge is 2.24. The van der Waals surface area contributed by atoms with Gasteiger partial charge in [0, 0.05) is 12.2 Å². The van der Waals surface area contributed by atoms with Crippen molar-refractivity contribution in [2.75, 3.05) is 6.61 Å². The van der Waals surface area contributed by atoms with Crippen molar-refractivity contribution in [3.8, 4) is 5.75 Å². The molecule has 6 heteroatoms. The Morgan fingerprint density at radius 2 is 2.09 bits per heavy atom. The second kappa shape index (κ2) is 6.81. The number of hydrogen-bond donors (Lipinski definition) is 1. The first-order chi connectivity index (χ1) is 10.9. The Balaban J connectivity index is 2.75. The van der Waals surface area contributed by atoms with Gasteiger partial charge in [-0.2, -0.15) is 0 Å². The van der Waals surface area contributed by atoms with Crippen molar-refractivity contribution in [1.82, 2.24) is 9.55 Å². The van der Waals surface area contributed by atoms with Gasteiger partial charge in [0.2, 0.25) is 0 Å². The van der Waals surface area contributed by atoms with Gasteiger partial charge >= 0.3 is 5.97 Å². The fraction of sp³-hybridized carbons (Fsp3) is 0.471. The molecule has 0 fully saturated rings. The normalized spacial score (nSPS) is 11.2. The summed E-state index contributed by atoms with van der Waals surface area (Å²) in [7, 11) is 0. The number of rotatable bonds is 5. The van der Waals surface area contributed by atoms with E-state index >= 15 is 0 Å². The van der Waals surface area contributed by atoms with Gasteiger partial charge in [-0.3, -0.25) is 9.36 Å². The molecular formula is C17H22N2O4. The van der Waals surface area contributed by atoms with E-state index in [1.807, 2.05) is 6.92 Å². The van der Waals surface area contributed by atoms with Crippen LogP contribution in [-0.4, -0.2) is 27.2 Å². The third-order valence-corrected chi connectivity index (χ3v) is 3.63. The van der Waals surface area contributed by atoms with Crippen LogP contribution in [0.2, 0.25) is 0 Å². The van der Waals surface area contributed by atoms with E-state index in [0.717, 1.165) is 12.1 Å². The second-order valence-corrected chi connectivity index (χ2v) is 5.91. The zero-order valence-electron chi connectivity index (χ0n) is 13.9. The van der Waals surface area contributed by atoms with Crippen molar-refractivity contribution in [1.29, 1.82) is 0 Å². The molecule has 0 saturated carbocycles. The summed E-state index contributed by atoms with van der Waals surface area (Å²) in [6.45, 7) is 8.13. The van der Waals surface area contributed by atoms with Crippen molar-refractivity contribution in [3.05, 3.63) is 33.7 Å². The van der Waals surface area contributed by atoms with E-state index in [-0.39, 0.29) is 17.9 Å². The average Bonchev–Trinajstić information content (AvgIpc) is 2.46. The minimum atomic E-state index is -0.809. The molecule has 2 aromatic rings. The summed E-state index contributed by atoms with van der Waals surface area (Å²) in [4.78, 5) is 29.1. The third kappa shape index (κ3) is 3.36. The van der Waals surface area contributed by atoms with Gasteiger partial charge in [0.05, 0.1) is 12.0 Å². The molecule has 0 aliphatic carbocycles. The monoisotopic (exact) mass is 318 g/mol. The number of pyridine rings is 2. The van der Waals surface area contributed by atoms with E-state index in [1.54, 1.807) is 19.1 Å². The van der Waals surface area contributed by atoms with Crippen LogP contribution >= 0.6 is 0 Å². The lowest BCUT2D eigenvalue weighted by atomic mass is 10.1. The summed E-state index contributed by atoms with van der Waals surface area (Å²) in [5.74, 6) is -0.783. The van der Waals surface area contributed by atoms with Gasteiger partial charge in [0.15, 0.2) is 5.56 Å². The molecule has 1 N–H and O–H groups in total. The molecule has 0 atom stereocenters. The molecule has 0 saturated heterocycles. The van der Waals surface area contributed by atoms with Crippen LogP contribution in [-0.2, 0) is 11.3 Å². The van der Waals surface area contributed by atoms with Crippen LogP contribution in [0, 0.1) is 12.8 Å². The molecule has 124 valence electrons. The Hall–Kier alpha value is -2.37. The van der Waals surface area contributed by atoms with Crippen LogP contribution in [0.4, 0.5) is 0 Å². The summed E-state index contributed by atoms with van der Waals surface area (Å²) < 4.78 is 6.36. The maximum atomic E-state index is 12.7. The Bertz CT molecular complexity index is 793. The fourth-order valence-electron chi connectivity index (χ4n) is 2.38. The van der Waals surface area contributed by atoms with Gasteiger partial charge in [-0.05, 0) is 38.3 Å². The van der Waals surface area contributed by atoms with E-state index in [9.17, 15) is 14.7 Å². The predicted octanol–water partition coefficient (Wildman–Crippen LogP) is 2.63. The maximum Gasteiger partial charge on any atom is 0.347 e. The van der Waals surface area contributed by atoms with Gasteiger partial charge in [-0.1, -0.05) is 13.8 Å². The molecule has 23 heavy (non-hydrogen) atoms. The second-order valence-electron chi connectivity index (χ2n) is 5.91. The number of ether oxygens (including phenoxy) is 1. The number of aromatic hydroxyl groups is 1. The molecule has 2 rings (SSSR count). The summed E-state index contributed by atoms with van der Waals surface area (Å²) in [6, 6.07) is 3.40. The van der Waals surface area contributed by atoms with E-state index in [1.165, 1.54) is 4.57 Å². The summed E-state index contributed by atoms with van der Waals surface area (Å²) in [5, 5.41) is 10.7. The minimum Gasteiger partial charge on any atom is -0.506 e. The predicted molar refractivity (Wildman–Crippen MR) is 87.8 cm³/mol. The van der Waals surface area contributed by atoms with E-state index in [2.05, 4.69) is 18.8 Å². The summed E-state index contributed by atoms with van der Waals surface area (Å²) in [6.07, 6.45) is 0.762. The largest absolute Gasteiger partial charge is 0.506 e. The summed E-state index contributed by atoms with van der Waals surface area (Å²) in [5.41, 5.74) is 0.237. The molecule has 0 spiro atoms. The zero-order valence-corrected chi connectivity index (χ0v) is 13.9. The highest BCUT2D eigenvalue weighted by atomic mass is 16.5. The molecule has 0 bridgehead atoms. The number of aryl methyl sites for hydroxylation is 2. The van der Waals surface area contributed by atoms with Crippen LogP contribution in [0.1, 0.15) is 43.2 Å². The quantitative estimate of drug-likeness (QED) is 0.857. The molecule has 2 heterocycles. The van der Waals surface area contributed by atoms with Crippen molar-refractivity contribution in [3.63, 3.8) is 0 Å². The standard InChI is InChI=1S/C17H22N2O4/c1-5-23-17(22)13-14(20)12-7-6-11(4)18-15(12)19(16(13)21)9-8-10(2)3/h6-7,10,20H,5,8-9H2,1-4H3. The molecule has 0 radical (unpaired) electrons. The van der Waals surface area contributed by atoms with Crippen LogP contribution < -0.4 is 5.56 Å². The lowest BCUT2D eigenvalue weighted by molar-refractivity contribution is 0.0520. The van der Waals surface area contributed by atoms with Crippen molar-refractivity contribution in [2.24, 2.45) is 5.92 Å². The van der Waals surface area contributed by atoms with Crippen LogP contribution in [0.3, 0.4) is 0 Å². The van der Waals surface area contributed by atoms with Gasteiger partial charge in [-0.25, -0.2) is 9.78 Å². The van der Waals surface area contributed by atoms with Crippen LogP contribution in [0.5, 0.6) is 5.75 Å². The first-order valence-corrected chi connectivity index (χ1v) is 7.77. The van der Waals surface area contributed by atoms with Crippen molar-refractivity contribution in [2.45, 2.75) is 40.7 Å². The molecule has 0 aliphatic heterocycles. The molecular weight excluding hydrogens is 296 g/mol. The van der Waals surface area contributed by atoms with E-state index < -0.39 is 11.5 Å². The SMILES string of the molecule is CCOC(=O)c1c(O)c2ccc(C)nc2n(CCC(C)C)c1=O. The Labute approximate surface area is 134 Å². The Morgan fingerprint density at radius 3 is 2.70 bits per heavy atom. The number of esters is 1. The minimum absolute atomic E-state index is 0.133. The van der Waals surface area contributed by atoms with Gasteiger partial charge in [0.1, 0.15) is 11.4 Å². The lowest BCUT2D eigenvalue weighted by Crippen LogP contribution is -2.29. The smallest absolute Gasteiger partial charge is 0.347 e. The first kappa shape index (κ1) is 17.0. The van der Waals surface area contributed by atoms with Gasteiger partial charge in [-0.15, -0.1) is 0 Å². The van der Waals surface area contributed by atoms with E-state index in [0.29, 0.717) is 23.5 Å². The topological polar surface area (TPSA) is 81.4 Å².